The number of nitrogens with zero attached hydrogens (tertiary/aromatic N) is 1. The molecule has 0 fully saturated rings. The van der Waals surface area contributed by atoms with Gasteiger partial charge >= 0.3 is 12.1 Å². The first-order chi connectivity index (χ1) is 14.7. The fraction of sp³-hybridized carbons (Fsp3) is 0.500. The molecule has 0 aliphatic heterocycles. The van der Waals surface area contributed by atoms with Crippen LogP contribution in [-0.2, 0) is 19.1 Å². The molecule has 12 heteroatoms. The van der Waals surface area contributed by atoms with Crippen LogP contribution >= 0.6 is 23.1 Å². The molecule has 0 saturated carbocycles. The van der Waals surface area contributed by atoms with Crippen molar-refractivity contribution in [3.63, 3.8) is 0 Å². The standard InChI is InChI=1S/C20H24F3N3O4S2/c1-11(27)24-14(10-16(28)30-19(2,3)4)17(29)25-12-5-6-13-15(9-12)32-18(26-13)31-8-7-20(21,22)23/h5-6,9,14H,7-8,10H2,1-4H3,(H,24,27)(H,25,29). The average molecular weight is 492 g/mol. The number of carbonyl (C=O) groups is 3. The van der Waals surface area contributed by atoms with Crippen molar-refractivity contribution in [2.24, 2.45) is 0 Å². The Morgan fingerprint density at radius 3 is 2.50 bits per heavy atom. The largest absolute Gasteiger partial charge is 0.460 e. The molecule has 0 aliphatic carbocycles. The monoisotopic (exact) mass is 491 g/mol. The highest BCUT2D eigenvalue weighted by molar-refractivity contribution is 8.01. The number of hydrogen-bond acceptors (Lipinski definition) is 7. The Labute approximate surface area is 191 Å². The zero-order chi connectivity index (χ0) is 24.1. The van der Waals surface area contributed by atoms with Crippen LogP contribution in [-0.4, -0.2) is 46.3 Å². The predicted molar refractivity (Wildman–Crippen MR) is 118 cm³/mol. The van der Waals surface area contributed by atoms with Gasteiger partial charge in [-0.2, -0.15) is 13.2 Å². The average Bonchev–Trinajstić information content (AvgIpc) is 2.99. The van der Waals surface area contributed by atoms with E-state index in [2.05, 4.69) is 15.6 Å². The summed E-state index contributed by atoms with van der Waals surface area (Å²) in [6, 6.07) is 3.73. The fourth-order valence-electron chi connectivity index (χ4n) is 2.53. The topological polar surface area (TPSA) is 97.4 Å². The summed E-state index contributed by atoms with van der Waals surface area (Å²) in [6.07, 6.45) is -5.46. The molecular weight excluding hydrogens is 467 g/mol. The summed E-state index contributed by atoms with van der Waals surface area (Å²) in [7, 11) is 0. The van der Waals surface area contributed by atoms with Crippen LogP contribution in [0.5, 0.6) is 0 Å². The summed E-state index contributed by atoms with van der Waals surface area (Å²) in [5.74, 6) is -1.85. The molecule has 176 valence electrons. The van der Waals surface area contributed by atoms with Crippen molar-refractivity contribution in [2.75, 3.05) is 11.1 Å². The van der Waals surface area contributed by atoms with Crippen molar-refractivity contribution < 1.29 is 32.3 Å². The zero-order valence-corrected chi connectivity index (χ0v) is 19.6. The van der Waals surface area contributed by atoms with E-state index < -0.39 is 42.0 Å². The third-order valence-corrected chi connectivity index (χ3v) is 5.90. The molecule has 0 saturated heterocycles. The zero-order valence-electron chi connectivity index (χ0n) is 18.0. The second kappa shape index (κ2) is 10.5. The maximum absolute atomic E-state index is 12.7. The lowest BCUT2D eigenvalue weighted by atomic mass is 10.1. The Hall–Kier alpha value is -2.34. The van der Waals surface area contributed by atoms with Gasteiger partial charge in [-0.05, 0) is 39.0 Å². The lowest BCUT2D eigenvalue weighted by Gasteiger charge is -2.22. The van der Waals surface area contributed by atoms with Gasteiger partial charge in [-0.15, -0.1) is 11.3 Å². The van der Waals surface area contributed by atoms with Gasteiger partial charge in [0.2, 0.25) is 11.8 Å². The van der Waals surface area contributed by atoms with E-state index in [1.54, 1.807) is 39.0 Å². The van der Waals surface area contributed by atoms with Crippen LogP contribution in [0.3, 0.4) is 0 Å². The van der Waals surface area contributed by atoms with Gasteiger partial charge in [-0.1, -0.05) is 11.8 Å². The van der Waals surface area contributed by atoms with Crippen LogP contribution in [0.15, 0.2) is 22.5 Å². The van der Waals surface area contributed by atoms with Crippen molar-refractivity contribution >= 4 is 56.8 Å². The van der Waals surface area contributed by atoms with E-state index in [1.165, 1.54) is 18.3 Å². The third-order valence-electron chi connectivity index (χ3n) is 3.73. The molecule has 1 heterocycles. The Kier molecular flexibility index (Phi) is 8.52. The summed E-state index contributed by atoms with van der Waals surface area (Å²) < 4.78 is 43.3. The molecule has 0 spiro atoms. The minimum Gasteiger partial charge on any atom is -0.460 e. The molecular formula is C20H24F3N3O4S2. The molecule has 1 aromatic carbocycles. The number of ether oxygens (including phenoxy) is 1. The number of benzene rings is 1. The summed E-state index contributed by atoms with van der Waals surface area (Å²) in [5, 5.41) is 5.08. The molecule has 2 N–H and O–H groups in total. The number of esters is 1. The minimum atomic E-state index is -4.22. The number of thioether (sulfide) groups is 1. The van der Waals surface area contributed by atoms with Crippen LogP contribution in [0.25, 0.3) is 10.2 Å². The van der Waals surface area contributed by atoms with Crippen LogP contribution in [0, 0.1) is 0 Å². The fourth-order valence-corrected chi connectivity index (χ4v) is 4.69. The highest BCUT2D eigenvalue weighted by Crippen LogP contribution is 2.33. The molecule has 32 heavy (non-hydrogen) atoms. The summed E-state index contributed by atoms with van der Waals surface area (Å²) in [5.41, 5.74) is 0.258. The highest BCUT2D eigenvalue weighted by Gasteiger charge is 2.27. The molecule has 0 aliphatic rings. The van der Waals surface area contributed by atoms with E-state index in [1.807, 2.05) is 0 Å². The van der Waals surface area contributed by atoms with Gasteiger partial charge in [0.25, 0.3) is 0 Å². The number of fused-ring (bicyclic) bond motifs is 1. The summed E-state index contributed by atoms with van der Waals surface area (Å²) in [4.78, 5) is 40.5. The molecule has 2 amide bonds. The van der Waals surface area contributed by atoms with Crippen LogP contribution in [0.2, 0.25) is 0 Å². The first-order valence-electron chi connectivity index (χ1n) is 9.62. The number of nitrogens with one attached hydrogen (secondary N) is 2. The number of hydrogen-bond donors (Lipinski definition) is 2. The van der Waals surface area contributed by atoms with Crippen molar-refractivity contribution in [2.45, 2.75) is 62.7 Å². The van der Waals surface area contributed by atoms with E-state index in [4.69, 9.17) is 4.74 Å². The quantitative estimate of drug-likeness (QED) is 0.416. The van der Waals surface area contributed by atoms with Gasteiger partial charge in [-0.3, -0.25) is 14.4 Å². The van der Waals surface area contributed by atoms with Gasteiger partial charge in [0.15, 0.2) is 4.34 Å². The lowest BCUT2D eigenvalue weighted by molar-refractivity contribution is -0.156. The lowest BCUT2D eigenvalue weighted by Crippen LogP contribution is -2.45. The Balaban J connectivity index is 2.07. The Morgan fingerprint density at radius 1 is 1.22 bits per heavy atom. The third kappa shape index (κ3) is 9.03. The van der Waals surface area contributed by atoms with E-state index in [9.17, 15) is 27.6 Å². The number of anilines is 1. The van der Waals surface area contributed by atoms with Crippen LogP contribution in [0.4, 0.5) is 18.9 Å². The van der Waals surface area contributed by atoms with Gasteiger partial charge in [0, 0.05) is 18.4 Å². The first-order valence-corrected chi connectivity index (χ1v) is 11.4. The number of thiazole rings is 1. The van der Waals surface area contributed by atoms with E-state index >= 15 is 0 Å². The molecule has 7 nitrogen and oxygen atoms in total. The number of carbonyl (C=O) groups excluding carboxylic acids is 3. The Morgan fingerprint density at radius 2 is 1.91 bits per heavy atom. The molecule has 1 unspecified atom stereocenters. The van der Waals surface area contributed by atoms with E-state index in [0.29, 0.717) is 20.2 Å². The molecule has 1 atom stereocenters. The maximum atomic E-state index is 12.7. The second-order valence-corrected chi connectivity index (χ2v) is 10.3. The molecule has 0 radical (unpaired) electrons. The highest BCUT2D eigenvalue weighted by atomic mass is 32.2. The normalized spacial score (nSPS) is 13.0. The summed E-state index contributed by atoms with van der Waals surface area (Å²) in [6.45, 7) is 6.31. The van der Waals surface area contributed by atoms with Crippen molar-refractivity contribution in [3.05, 3.63) is 18.2 Å². The second-order valence-electron chi connectivity index (χ2n) is 7.91. The first kappa shape index (κ1) is 25.9. The number of amides is 2. The molecule has 2 rings (SSSR count). The number of rotatable bonds is 8. The maximum Gasteiger partial charge on any atom is 0.389 e. The molecule has 2 aromatic rings. The van der Waals surface area contributed by atoms with Gasteiger partial charge in [0.1, 0.15) is 11.6 Å². The van der Waals surface area contributed by atoms with Gasteiger partial charge in [0.05, 0.1) is 23.1 Å². The number of aromatic nitrogens is 1. The number of halogens is 3. The SMILES string of the molecule is CC(=O)NC(CC(=O)OC(C)(C)C)C(=O)Nc1ccc2nc(SCCC(F)(F)F)sc2c1. The van der Waals surface area contributed by atoms with E-state index in [0.717, 1.165) is 11.8 Å². The van der Waals surface area contributed by atoms with Crippen LogP contribution < -0.4 is 10.6 Å². The van der Waals surface area contributed by atoms with Crippen molar-refractivity contribution in [1.82, 2.24) is 10.3 Å². The Bertz CT molecular complexity index is 987. The molecule has 0 bridgehead atoms. The smallest absolute Gasteiger partial charge is 0.389 e. The summed E-state index contributed by atoms with van der Waals surface area (Å²) >= 11 is 2.23. The van der Waals surface area contributed by atoms with Crippen LogP contribution in [0.1, 0.15) is 40.5 Å². The molecule has 1 aromatic heterocycles. The van der Waals surface area contributed by atoms with Gasteiger partial charge < -0.3 is 15.4 Å². The number of alkyl halides is 3. The minimum absolute atomic E-state index is 0.129. The van der Waals surface area contributed by atoms with Crippen molar-refractivity contribution in [3.8, 4) is 0 Å². The van der Waals surface area contributed by atoms with Gasteiger partial charge in [-0.25, -0.2) is 4.98 Å². The predicted octanol–water partition coefficient (Wildman–Crippen LogP) is 4.52. The van der Waals surface area contributed by atoms with E-state index in [-0.39, 0.29) is 12.2 Å². The van der Waals surface area contributed by atoms with Crippen molar-refractivity contribution in [1.29, 1.82) is 0 Å².